The van der Waals surface area contributed by atoms with Gasteiger partial charge in [-0.05, 0) is 18.6 Å². The van der Waals surface area contributed by atoms with Crippen molar-refractivity contribution in [3.8, 4) is 0 Å². The predicted molar refractivity (Wildman–Crippen MR) is 69.8 cm³/mol. The van der Waals surface area contributed by atoms with Crippen LogP contribution < -0.4 is 5.32 Å². The lowest BCUT2D eigenvalue weighted by Gasteiger charge is -2.14. The Bertz CT molecular complexity index is 516. The molecule has 1 rings (SSSR count). The summed E-state index contributed by atoms with van der Waals surface area (Å²) in [6.07, 6.45) is 0.362. The van der Waals surface area contributed by atoms with E-state index in [0.29, 0.717) is 6.42 Å². The molecule has 0 radical (unpaired) electrons. The summed E-state index contributed by atoms with van der Waals surface area (Å²) in [6, 6.07) is 4.08. The Kier molecular flexibility index (Phi) is 5.83. The van der Waals surface area contributed by atoms with E-state index >= 15 is 0 Å². The van der Waals surface area contributed by atoms with Gasteiger partial charge in [0.15, 0.2) is 0 Å². The Balaban J connectivity index is 2.71. The van der Waals surface area contributed by atoms with Crippen LogP contribution in [0.25, 0.3) is 0 Å². The topological polar surface area (TPSA) is 83.5 Å². The van der Waals surface area contributed by atoms with Crippen molar-refractivity contribution in [3.63, 3.8) is 0 Å². The van der Waals surface area contributed by atoms with Crippen LogP contribution in [0.2, 0.25) is 0 Å². The third-order valence-corrected chi connectivity index (χ3v) is 2.83. The highest BCUT2D eigenvalue weighted by Gasteiger charge is 2.22. The molecule has 0 unspecified atom stereocenters. The molecular weight excluding hydrogens is 265 g/mol. The van der Waals surface area contributed by atoms with E-state index in [-0.39, 0.29) is 24.2 Å². The largest absolute Gasteiger partial charge is 0.480 e. The molecule has 0 saturated heterocycles. The Morgan fingerprint density at radius 3 is 2.50 bits per heavy atom. The van der Waals surface area contributed by atoms with Crippen molar-refractivity contribution in [3.05, 3.63) is 35.6 Å². The van der Waals surface area contributed by atoms with Crippen LogP contribution in [0, 0.1) is 5.82 Å². The summed E-state index contributed by atoms with van der Waals surface area (Å²) in [5.74, 6) is -2.87. The number of rotatable bonds is 7. The van der Waals surface area contributed by atoms with Gasteiger partial charge in [0.1, 0.15) is 17.6 Å². The number of Topliss-reactive ketones (excluding diaryl/α,β-unsaturated/α-hetero) is 1. The molecule has 1 atom stereocenters. The van der Waals surface area contributed by atoms with Gasteiger partial charge in [0.05, 0.1) is 5.56 Å². The molecule has 0 fully saturated rings. The van der Waals surface area contributed by atoms with E-state index < -0.39 is 23.7 Å². The second-order valence-corrected chi connectivity index (χ2v) is 4.28. The number of aliphatic carboxylic acids is 1. The van der Waals surface area contributed by atoms with Gasteiger partial charge < -0.3 is 10.4 Å². The molecule has 1 amide bonds. The number of carboxylic acids is 1. The van der Waals surface area contributed by atoms with Crippen LogP contribution in [0.3, 0.4) is 0 Å². The minimum atomic E-state index is -1.25. The van der Waals surface area contributed by atoms with Crippen molar-refractivity contribution in [2.45, 2.75) is 32.2 Å². The van der Waals surface area contributed by atoms with Crippen molar-refractivity contribution < 1.29 is 23.9 Å². The van der Waals surface area contributed by atoms with Crippen molar-refractivity contribution in [2.24, 2.45) is 0 Å². The minimum Gasteiger partial charge on any atom is -0.480 e. The summed E-state index contributed by atoms with van der Waals surface area (Å²) in [5.41, 5.74) is -0.222. The van der Waals surface area contributed by atoms with Crippen LogP contribution in [-0.4, -0.2) is 28.8 Å². The van der Waals surface area contributed by atoms with Gasteiger partial charge in [-0.2, -0.15) is 0 Å². The first kappa shape index (κ1) is 15.8. The van der Waals surface area contributed by atoms with Crippen LogP contribution >= 0.6 is 0 Å². The highest BCUT2D eigenvalue weighted by atomic mass is 19.1. The molecule has 0 aliphatic rings. The number of hydrogen-bond acceptors (Lipinski definition) is 3. The number of halogens is 1. The van der Waals surface area contributed by atoms with Crippen LogP contribution in [0.1, 0.15) is 36.5 Å². The number of ketones is 1. The molecule has 2 N–H and O–H groups in total. The SMILES string of the molecule is CCC(=O)CC[C@@H](NC(=O)c1ccccc1F)C(=O)O. The molecule has 0 heterocycles. The highest BCUT2D eigenvalue weighted by Crippen LogP contribution is 2.08. The normalized spacial score (nSPS) is 11.7. The molecule has 20 heavy (non-hydrogen) atoms. The van der Waals surface area contributed by atoms with Crippen LogP contribution in [0.15, 0.2) is 24.3 Å². The Morgan fingerprint density at radius 2 is 1.95 bits per heavy atom. The number of carbonyl (C=O) groups is 3. The average molecular weight is 281 g/mol. The van der Waals surface area contributed by atoms with Gasteiger partial charge in [0, 0.05) is 12.8 Å². The van der Waals surface area contributed by atoms with Crippen molar-refractivity contribution >= 4 is 17.7 Å². The lowest BCUT2D eigenvalue weighted by Crippen LogP contribution is -2.41. The first-order valence-corrected chi connectivity index (χ1v) is 6.25. The fraction of sp³-hybridized carbons (Fsp3) is 0.357. The van der Waals surface area contributed by atoms with Gasteiger partial charge in [-0.1, -0.05) is 19.1 Å². The van der Waals surface area contributed by atoms with E-state index in [4.69, 9.17) is 5.11 Å². The van der Waals surface area contributed by atoms with Gasteiger partial charge in [-0.3, -0.25) is 9.59 Å². The highest BCUT2D eigenvalue weighted by molar-refractivity contribution is 5.96. The number of hydrogen-bond donors (Lipinski definition) is 2. The molecular formula is C14H16FNO4. The standard InChI is InChI=1S/C14H16FNO4/c1-2-9(17)7-8-12(14(19)20)16-13(18)10-5-3-4-6-11(10)15/h3-6,12H,2,7-8H2,1H3,(H,16,18)(H,19,20)/t12-/m1/s1. The summed E-state index contributed by atoms with van der Waals surface area (Å²) in [7, 11) is 0. The second-order valence-electron chi connectivity index (χ2n) is 4.28. The molecule has 5 nitrogen and oxygen atoms in total. The summed E-state index contributed by atoms with van der Waals surface area (Å²) < 4.78 is 13.4. The molecule has 0 aliphatic carbocycles. The summed E-state index contributed by atoms with van der Waals surface area (Å²) in [6.45, 7) is 1.68. The summed E-state index contributed by atoms with van der Waals surface area (Å²) >= 11 is 0. The van der Waals surface area contributed by atoms with E-state index in [1.165, 1.54) is 18.2 Å². The Morgan fingerprint density at radius 1 is 1.30 bits per heavy atom. The van der Waals surface area contributed by atoms with Crippen LogP contribution in [0.5, 0.6) is 0 Å². The molecule has 0 spiro atoms. The second kappa shape index (κ2) is 7.37. The van der Waals surface area contributed by atoms with Gasteiger partial charge in [-0.15, -0.1) is 0 Å². The number of benzene rings is 1. The van der Waals surface area contributed by atoms with E-state index in [2.05, 4.69) is 5.32 Å². The Labute approximate surface area is 115 Å². The molecule has 108 valence electrons. The van der Waals surface area contributed by atoms with Gasteiger partial charge >= 0.3 is 5.97 Å². The minimum absolute atomic E-state index is 0.0117. The number of carboxylic acid groups (broad SMARTS) is 1. The maximum atomic E-state index is 13.4. The molecule has 0 aliphatic heterocycles. The van der Waals surface area contributed by atoms with Crippen molar-refractivity contribution in [2.75, 3.05) is 0 Å². The zero-order valence-corrected chi connectivity index (χ0v) is 11.1. The lowest BCUT2D eigenvalue weighted by molar-refractivity contribution is -0.139. The fourth-order valence-corrected chi connectivity index (χ4v) is 1.62. The number of nitrogens with one attached hydrogen (secondary N) is 1. The fourth-order valence-electron chi connectivity index (χ4n) is 1.62. The van der Waals surface area contributed by atoms with E-state index in [9.17, 15) is 18.8 Å². The molecule has 0 saturated carbocycles. The first-order valence-electron chi connectivity index (χ1n) is 6.25. The third kappa shape index (κ3) is 4.46. The molecule has 6 heteroatoms. The van der Waals surface area contributed by atoms with Crippen molar-refractivity contribution in [1.29, 1.82) is 0 Å². The lowest BCUT2D eigenvalue weighted by atomic mass is 10.1. The summed E-state index contributed by atoms with van der Waals surface area (Å²) in [5, 5.41) is 11.2. The molecule has 0 aromatic heterocycles. The first-order chi connectivity index (χ1) is 9.45. The van der Waals surface area contributed by atoms with Crippen LogP contribution in [0.4, 0.5) is 4.39 Å². The van der Waals surface area contributed by atoms with E-state index in [1.54, 1.807) is 6.92 Å². The monoisotopic (exact) mass is 281 g/mol. The van der Waals surface area contributed by atoms with Crippen LogP contribution in [-0.2, 0) is 9.59 Å². The van der Waals surface area contributed by atoms with Gasteiger partial charge in [0.2, 0.25) is 0 Å². The summed E-state index contributed by atoms with van der Waals surface area (Å²) in [4.78, 5) is 34.0. The quantitative estimate of drug-likeness (QED) is 0.797. The predicted octanol–water partition coefficient (Wildman–Crippen LogP) is 1.77. The zero-order valence-electron chi connectivity index (χ0n) is 11.1. The number of amides is 1. The van der Waals surface area contributed by atoms with E-state index in [1.807, 2.05) is 0 Å². The molecule has 1 aromatic carbocycles. The van der Waals surface area contributed by atoms with E-state index in [0.717, 1.165) is 6.07 Å². The number of carbonyl (C=O) groups excluding carboxylic acids is 2. The smallest absolute Gasteiger partial charge is 0.326 e. The molecule has 0 bridgehead atoms. The van der Waals surface area contributed by atoms with Gasteiger partial charge in [-0.25, -0.2) is 9.18 Å². The third-order valence-electron chi connectivity index (χ3n) is 2.83. The average Bonchev–Trinajstić information content (AvgIpc) is 2.42. The van der Waals surface area contributed by atoms with Gasteiger partial charge in [0.25, 0.3) is 5.91 Å². The Hall–Kier alpha value is -2.24. The zero-order chi connectivity index (χ0) is 15.1. The maximum Gasteiger partial charge on any atom is 0.326 e. The maximum absolute atomic E-state index is 13.4. The van der Waals surface area contributed by atoms with Crippen molar-refractivity contribution in [1.82, 2.24) is 5.32 Å². The molecule has 1 aromatic rings.